The standard InChI is InChI=1S/C5H13AsO2/c1-3-6(4-2)5(7)8/h3-4,6H2,1-2H3,(H,7,8). The second-order valence-electron chi connectivity index (χ2n) is 1.85. The van der Waals surface area contributed by atoms with Gasteiger partial charge in [-0.25, -0.2) is 0 Å². The molecule has 0 saturated heterocycles. The van der Waals surface area contributed by atoms with E-state index in [0.717, 1.165) is 10.4 Å². The number of rotatable bonds is 3. The Labute approximate surface area is 54.2 Å². The first-order valence-electron chi connectivity index (χ1n) is 2.95. The molecule has 0 saturated carbocycles. The number of hydrogen-bond acceptors (Lipinski definition) is 1. The van der Waals surface area contributed by atoms with E-state index >= 15 is 0 Å². The van der Waals surface area contributed by atoms with Crippen LogP contribution in [0.5, 0.6) is 0 Å². The van der Waals surface area contributed by atoms with E-state index in [0.29, 0.717) is 0 Å². The molecule has 1 N–H and O–H groups in total. The van der Waals surface area contributed by atoms with Crippen molar-refractivity contribution in [3.63, 3.8) is 0 Å². The molecule has 0 aliphatic rings. The van der Waals surface area contributed by atoms with Gasteiger partial charge in [0.05, 0.1) is 0 Å². The van der Waals surface area contributed by atoms with E-state index in [-0.39, 0.29) is 0 Å². The first kappa shape index (κ1) is 8.03. The molecule has 0 fully saturated rings. The van der Waals surface area contributed by atoms with Crippen LogP contribution in [0, 0.1) is 0 Å². The first-order valence-corrected chi connectivity index (χ1v) is 7.58. The summed E-state index contributed by atoms with van der Waals surface area (Å²) in [6.07, 6.45) is 0. The van der Waals surface area contributed by atoms with Gasteiger partial charge in [-0.1, -0.05) is 0 Å². The molecule has 2 nitrogen and oxygen atoms in total. The van der Waals surface area contributed by atoms with Crippen LogP contribution in [0.3, 0.4) is 0 Å². The van der Waals surface area contributed by atoms with Gasteiger partial charge in [-0.2, -0.15) is 0 Å². The minimum atomic E-state index is -1.78. The van der Waals surface area contributed by atoms with Crippen molar-refractivity contribution in [1.82, 2.24) is 0 Å². The molecule has 0 amide bonds. The Morgan fingerprint density at radius 3 is 1.88 bits per heavy atom. The fourth-order valence-electron chi connectivity index (χ4n) is 0.638. The molecule has 8 heavy (non-hydrogen) atoms. The van der Waals surface area contributed by atoms with E-state index in [1.807, 2.05) is 13.8 Å². The summed E-state index contributed by atoms with van der Waals surface area (Å²) >= 11 is -1.78. The Bertz CT molecular complexity index is 78.5. The molecule has 0 aromatic rings. The molecule has 0 unspecified atom stereocenters. The molecule has 0 aliphatic carbocycles. The minimum absolute atomic E-state index is 0.484. The summed E-state index contributed by atoms with van der Waals surface area (Å²) in [6, 6.07) is 0. The molecule has 0 aliphatic heterocycles. The molecule has 0 atom stereocenters. The van der Waals surface area contributed by atoms with Crippen molar-refractivity contribution in [3.05, 3.63) is 0 Å². The Balaban J connectivity index is 3.52. The second kappa shape index (κ2) is 3.96. The van der Waals surface area contributed by atoms with Crippen molar-refractivity contribution >= 4 is 19.4 Å². The Kier molecular flexibility index (Phi) is 3.98. The van der Waals surface area contributed by atoms with Crippen LogP contribution in [0.4, 0.5) is 4.79 Å². The van der Waals surface area contributed by atoms with Crippen LogP contribution < -0.4 is 0 Å². The fraction of sp³-hybridized carbons (Fsp3) is 0.800. The third-order valence-electron chi connectivity index (χ3n) is 1.33. The zero-order valence-electron chi connectivity index (χ0n) is 5.35. The third-order valence-corrected chi connectivity index (χ3v) is 6.94. The second-order valence-corrected chi connectivity index (χ2v) is 9.24. The van der Waals surface area contributed by atoms with Gasteiger partial charge in [-0.05, 0) is 0 Å². The molecular weight excluding hydrogens is 167 g/mol. The molecule has 0 spiro atoms. The van der Waals surface area contributed by atoms with Crippen LogP contribution in [0.2, 0.25) is 10.4 Å². The van der Waals surface area contributed by atoms with Gasteiger partial charge >= 0.3 is 53.6 Å². The fourth-order valence-corrected chi connectivity index (χ4v) is 3.31. The molecule has 0 aromatic carbocycles. The average molecular weight is 180 g/mol. The predicted octanol–water partition coefficient (Wildman–Crippen LogP) is 1.25. The molecular formula is C5H13AsO2. The van der Waals surface area contributed by atoms with Crippen LogP contribution in [-0.2, 0) is 0 Å². The molecule has 0 bridgehead atoms. The van der Waals surface area contributed by atoms with E-state index in [1.54, 1.807) is 0 Å². The summed E-state index contributed by atoms with van der Waals surface area (Å²) in [5, 5.41) is 10.3. The molecule has 0 radical (unpaired) electrons. The van der Waals surface area contributed by atoms with Crippen LogP contribution in [0.15, 0.2) is 0 Å². The van der Waals surface area contributed by atoms with Crippen LogP contribution in [-0.4, -0.2) is 24.5 Å². The van der Waals surface area contributed by atoms with Crippen molar-refractivity contribution in [1.29, 1.82) is 0 Å². The van der Waals surface area contributed by atoms with Gasteiger partial charge < -0.3 is 0 Å². The summed E-state index contributed by atoms with van der Waals surface area (Å²) in [6.45, 7) is 3.95. The van der Waals surface area contributed by atoms with Crippen molar-refractivity contribution in [2.45, 2.75) is 24.3 Å². The van der Waals surface area contributed by atoms with Gasteiger partial charge in [-0.15, -0.1) is 0 Å². The Morgan fingerprint density at radius 1 is 1.50 bits per heavy atom. The zero-order valence-corrected chi connectivity index (χ0v) is 7.77. The molecule has 0 aromatic heterocycles. The first-order chi connectivity index (χ1) is 3.72. The summed E-state index contributed by atoms with van der Waals surface area (Å²) < 4.78 is -0.484. The van der Waals surface area contributed by atoms with Gasteiger partial charge in [0.2, 0.25) is 0 Å². The SMILES string of the molecule is CC[AsH2](CC)C(=O)O. The molecule has 3 heteroatoms. The van der Waals surface area contributed by atoms with Gasteiger partial charge in [0.1, 0.15) is 0 Å². The molecule has 0 heterocycles. The topological polar surface area (TPSA) is 37.3 Å². The van der Waals surface area contributed by atoms with Gasteiger partial charge in [-0.3, -0.25) is 0 Å². The Hall–Kier alpha value is 0.0284. The normalized spacial score (nSPS) is 11.0. The van der Waals surface area contributed by atoms with Crippen molar-refractivity contribution in [2.24, 2.45) is 0 Å². The quantitative estimate of drug-likeness (QED) is 0.663. The van der Waals surface area contributed by atoms with Gasteiger partial charge in [0, 0.05) is 0 Å². The molecule has 50 valence electrons. The van der Waals surface area contributed by atoms with Crippen molar-refractivity contribution in [2.75, 3.05) is 0 Å². The molecule has 0 rings (SSSR count). The maximum absolute atomic E-state index is 10.2. The van der Waals surface area contributed by atoms with E-state index in [2.05, 4.69) is 0 Å². The number of carboxylic acid groups (broad SMARTS) is 1. The van der Waals surface area contributed by atoms with Crippen molar-refractivity contribution in [3.8, 4) is 0 Å². The predicted molar refractivity (Wildman–Crippen MR) is 37.5 cm³/mol. The monoisotopic (exact) mass is 180 g/mol. The number of carbonyl (C=O) groups is 1. The van der Waals surface area contributed by atoms with Crippen LogP contribution >= 0.6 is 0 Å². The van der Waals surface area contributed by atoms with E-state index in [1.165, 1.54) is 0 Å². The van der Waals surface area contributed by atoms with Gasteiger partial charge in [0.15, 0.2) is 0 Å². The van der Waals surface area contributed by atoms with Gasteiger partial charge in [0.25, 0.3) is 0 Å². The number of hydrogen-bond donors (Lipinski definition) is 1. The summed E-state index contributed by atoms with van der Waals surface area (Å²) in [7, 11) is 0. The average Bonchev–Trinajstić information content (AvgIpc) is 1.69. The summed E-state index contributed by atoms with van der Waals surface area (Å²) in [4.78, 5) is 10.2. The summed E-state index contributed by atoms with van der Waals surface area (Å²) in [5.41, 5.74) is 0. The zero-order chi connectivity index (χ0) is 6.57. The van der Waals surface area contributed by atoms with E-state index < -0.39 is 19.4 Å². The van der Waals surface area contributed by atoms with Crippen LogP contribution in [0.1, 0.15) is 13.8 Å². The Morgan fingerprint density at radius 2 is 1.88 bits per heavy atom. The van der Waals surface area contributed by atoms with Crippen molar-refractivity contribution < 1.29 is 9.90 Å². The van der Waals surface area contributed by atoms with E-state index in [9.17, 15) is 4.79 Å². The maximum atomic E-state index is 10.2. The van der Waals surface area contributed by atoms with Crippen LogP contribution in [0.25, 0.3) is 0 Å². The van der Waals surface area contributed by atoms with E-state index in [4.69, 9.17) is 5.11 Å². The summed E-state index contributed by atoms with van der Waals surface area (Å²) in [5.74, 6) is 0. The third kappa shape index (κ3) is 2.36.